The SMILES string of the molecule is Cc1cc(S(=O)(=O)Oc2cccc(F)c2)ccc1Br. The van der Waals surface area contributed by atoms with Crippen LogP contribution in [0.1, 0.15) is 5.56 Å². The zero-order chi connectivity index (χ0) is 14.0. The van der Waals surface area contributed by atoms with Gasteiger partial charge in [0.15, 0.2) is 0 Å². The second kappa shape index (κ2) is 5.30. The second-order valence-corrected chi connectivity index (χ2v) is 6.31. The summed E-state index contributed by atoms with van der Waals surface area (Å²) < 4.78 is 42.7. The maximum Gasteiger partial charge on any atom is 0.339 e. The molecule has 0 saturated carbocycles. The van der Waals surface area contributed by atoms with Crippen LogP contribution in [0.5, 0.6) is 5.75 Å². The van der Waals surface area contributed by atoms with Gasteiger partial charge in [-0.05, 0) is 42.8 Å². The Morgan fingerprint density at radius 1 is 1.16 bits per heavy atom. The molecule has 0 bridgehead atoms. The quantitative estimate of drug-likeness (QED) is 0.798. The fraction of sp³-hybridized carbons (Fsp3) is 0.0769. The van der Waals surface area contributed by atoms with Crippen molar-refractivity contribution in [3.05, 3.63) is 58.3 Å². The predicted molar refractivity (Wildman–Crippen MR) is 73.1 cm³/mol. The summed E-state index contributed by atoms with van der Waals surface area (Å²) in [5.74, 6) is -0.611. The van der Waals surface area contributed by atoms with Gasteiger partial charge in [0.1, 0.15) is 16.5 Å². The highest BCUT2D eigenvalue weighted by Gasteiger charge is 2.17. The summed E-state index contributed by atoms with van der Waals surface area (Å²) in [6.07, 6.45) is 0. The fourth-order valence-corrected chi connectivity index (χ4v) is 2.72. The Hall–Kier alpha value is -1.40. The Morgan fingerprint density at radius 2 is 1.89 bits per heavy atom. The Balaban J connectivity index is 2.35. The highest BCUT2D eigenvalue weighted by molar-refractivity contribution is 9.10. The molecule has 100 valence electrons. The molecule has 0 atom stereocenters. The van der Waals surface area contributed by atoms with Crippen molar-refractivity contribution in [3.8, 4) is 5.75 Å². The van der Waals surface area contributed by atoms with Crippen molar-refractivity contribution in [2.45, 2.75) is 11.8 Å². The number of hydrogen-bond donors (Lipinski definition) is 0. The number of aryl methyl sites for hydroxylation is 1. The van der Waals surface area contributed by atoms with Gasteiger partial charge in [0.2, 0.25) is 0 Å². The van der Waals surface area contributed by atoms with Crippen LogP contribution in [-0.4, -0.2) is 8.42 Å². The summed E-state index contributed by atoms with van der Waals surface area (Å²) >= 11 is 3.29. The van der Waals surface area contributed by atoms with E-state index in [0.717, 1.165) is 16.1 Å². The van der Waals surface area contributed by atoms with E-state index < -0.39 is 15.9 Å². The highest BCUT2D eigenvalue weighted by atomic mass is 79.9. The van der Waals surface area contributed by atoms with Crippen molar-refractivity contribution in [2.75, 3.05) is 0 Å². The largest absolute Gasteiger partial charge is 0.379 e. The Bertz CT molecular complexity index is 714. The summed E-state index contributed by atoms with van der Waals surface area (Å²) in [6, 6.07) is 9.52. The van der Waals surface area contributed by atoms with Gasteiger partial charge in [-0.1, -0.05) is 22.0 Å². The topological polar surface area (TPSA) is 43.4 Å². The van der Waals surface area contributed by atoms with Gasteiger partial charge in [-0.2, -0.15) is 8.42 Å². The van der Waals surface area contributed by atoms with E-state index in [1.54, 1.807) is 13.0 Å². The van der Waals surface area contributed by atoms with Crippen LogP contribution < -0.4 is 4.18 Å². The van der Waals surface area contributed by atoms with Gasteiger partial charge in [-0.25, -0.2) is 4.39 Å². The van der Waals surface area contributed by atoms with Crippen molar-refractivity contribution in [1.82, 2.24) is 0 Å². The van der Waals surface area contributed by atoms with E-state index >= 15 is 0 Å². The first kappa shape index (κ1) is 14.0. The lowest BCUT2D eigenvalue weighted by molar-refractivity contribution is 0.483. The zero-order valence-corrected chi connectivity index (χ0v) is 12.3. The van der Waals surface area contributed by atoms with Crippen LogP contribution >= 0.6 is 15.9 Å². The molecule has 2 rings (SSSR count). The molecule has 2 aromatic rings. The lowest BCUT2D eigenvalue weighted by Crippen LogP contribution is -2.10. The third kappa shape index (κ3) is 3.33. The molecule has 0 radical (unpaired) electrons. The third-order valence-corrected chi connectivity index (χ3v) is 4.55. The molecule has 19 heavy (non-hydrogen) atoms. The summed E-state index contributed by atoms with van der Waals surface area (Å²) in [5.41, 5.74) is 0.768. The van der Waals surface area contributed by atoms with E-state index in [4.69, 9.17) is 4.18 Å². The van der Waals surface area contributed by atoms with Crippen LogP contribution in [-0.2, 0) is 10.1 Å². The average molecular weight is 345 g/mol. The minimum Gasteiger partial charge on any atom is -0.379 e. The van der Waals surface area contributed by atoms with Gasteiger partial charge < -0.3 is 4.18 Å². The molecule has 0 amide bonds. The van der Waals surface area contributed by atoms with Gasteiger partial charge in [0.25, 0.3) is 0 Å². The van der Waals surface area contributed by atoms with Crippen LogP contribution in [0, 0.1) is 12.7 Å². The van der Waals surface area contributed by atoms with Gasteiger partial charge in [0.05, 0.1) is 0 Å². The molecular formula is C13H10BrFO3S. The van der Waals surface area contributed by atoms with Crippen LogP contribution in [0.3, 0.4) is 0 Å². The van der Waals surface area contributed by atoms with Crippen molar-refractivity contribution in [3.63, 3.8) is 0 Å². The highest BCUT2D eigenvalue weighted by Crippen LogP contribution is 2.23. The minimum atomic E-state index is -3.96. The first-order valence-electron chi connectivity index (χ1n) is 5.35. The van der Waals surface area contributed by atoms with Crippen molar-refractivity contribution in [1.29, 1.82) is 0 Å². The summed E-state index contributed by atoms with van der Waals surface area (Å²) in [7, 11) is -3.96. The molecule has 3 nitrogen and oxygen atoms in total. The van der Waals surface area contributed by atoms with Gasteiger partial charge in [0, 0.05) is 10.5 Å². The van der Waals surface area contributed by atoms with Gasteiger partial charge in [-0.3, -0.25) is 0 Å². The molecule has 6 heteroatoms. The van der Waals surface area contributed by atoms with E-state index in [1.807, 2.05) is 0 Å². The standard InChI is InChI=1S/C13H10BrFO3S/c1-9-7-12(5-6-13(9)14)19(16,17)18-11-4-2-3-10(15)8-11/h2-8H,1H3. The number of benzene rings is 2. The van der Waals surface area contributed by atoms with E-state index in [-0.39, 0.29) is 10.6 Å². The van der Waals surface area contributed by atoms with E-state index in [1.165, 1.54) is 30.3 Å². The van der Waals surface area contributed by atoms with Gasteiger partial charge >= 0.3 is 10.1 Å². The van der Waals surface area contributed by atoms with Crippen LogP contribution in [0.15, 0.2) is 51.8 Å². The number of hydrogen-bond acceptors (Lipinski definition) is 3. The predicted octanol–water partition coefficient (Wildman–Crippen LogP) is 3.66. The summed E-state index contributed by atoms with van der Waals surface area (Å²) in [6.45, 7) is 1.77. The van der Waals surface area contributed by atoms with Gasteiger partial charge in [-0.15, -0.1) is 0 Å². The molecule has 2 aromatic carbocycles. The zero-order valence-electron chi connectivity index (χ0n) is 9.93. The monoisotopic (exact) mass is 344 g/mol. The molecule has 0 aliphatic carbocycles. The smallest absolute Gasteiger partial charge is 0.339 e. The fourth-order valence-electron chi connectivity index (χ4n) is 1.47. The third-order valence-electron chi connectivity index (χ3n) is 2.42. The lowest BCUT2D eigenvalue weighted by atomic mass is 10.2. The molecule has 0 spiro atoms. The average Bonchev–Trinajstić information content (AvgIpc) is 2.32. The summed E-state index contributed by atoms with van der Waals surface area (Å²) in [5, 5.41) is 0. The van der Waals surface area contributed by atoms with E-state index in [0.29, 0.717) is 0 Å². The van der Waals surface area contributed by atoms with Crippen LogP contribution in [0.25, 0.3) is 0 Å². The number of halogens is 2. The molecule has 0 saturated heterocycles. The lowest BCUT2D eigenvalue weighted by Gasteiger charge is -2.08. The summed E-state index contributed by atoms with van der Waals surface area (Å²) in [4.78, 5) is 0.0254. The van der Waals surface area contributed by atoms with Crippen molar-refractivity contribution < 1.29 is 17.0 Å². The Labute approximate surface area is 119 Å². The van der Waals surface area contributed by atoms with Crippen LogP contribution in [0.4, 0.5) is 4.39 Å². The second-order valence-electron chi connectivity index (χ2n) is 3.91. The molecule has 0 unspecified atom stereocenters. The van der Waals surface area contributed by atoms with E-state index in [2.05, 4.69) is 15.9 Å². The molecular weight excluding hydrogens is 335 g/mol. The van der Waals surface area contributed by atoms with Crippen molar-refractivity contribution in [2.24, 2.45) is 0 Å². The maximum absolute atomic E-state index is 13.0. The normalized spacial score (nSPS) is 11.3. The molecule has 0 fully saturated rings. The van der Waals surface area contributed by atoms with Crippen molar-refractivity contribution >= 4 is 26.0 Å². The first-order valence-corrected chi connectivity index (χ1v) is 7.55. The number of rotatable bonds is 3. The molecule has 0 aliphatic heterocycles. The van der Waals surface area contributed by atoms with E-state index in [9.17, 15) is 12.8 Å². The molecule has 0 N–H and O–H groups in total. The van der Waals surface area contributed by atoms with Crippen LogP contribution in [0.2, 0.25) is 0 Å². The Morgan fingerprint density at radius 3 is 2.53 bits per heavy atom. The molecule has 0 aliphatic rings. The maximum atomic E-state index is 13.0. The Kier molecular flexibility index (Phi) is 3.91. The molecule has 0 aromatic heterocycles. The minimum absolute atomic E-state index is 0.0254. The first-order chi connectivity index (χ1) is 8.88. The molecule has 0 heterocycles.